The fourth-order valence-corrected chi connectivity index (χ4v) is 0.957. The van der Waals surface area contributed by atoms with E-state index in [0.29, 0.717) is 11.8 Å². The average molecular weight is 182 g/mol. The molecule has 0 amide bonds. The van der Waals surface area contributed by atoms with Crippen LogP contribution in [0.5, 0.6) is 11.5 Å². The Hall–Kier alpha value is -1.55. The number of aldehydes is 1. The van der Waals surface area contributed by atoms with E-state index >= 15 is 0 Å². The van der Waals surface area contributed by atoms with Gasteiger partial charge in [0.2, 0.25) is 0 Å². The number of hydrogen-bond acceptors (Lipinski definition) is 4. The molecule has 13 heavy (non-hydrogen) atoms. The molecule has 0 aliphatic rings. The van der Waals surface area contributed by atoms with Crippen LogP contribution in [0.3, 0.4) is 0 Å². The van der Waals surface area contributed by atoms with Crippen molar-refractivity contribution in [3.63, 3.8) is 0 Å². The molecule has 1 rings (SSSR count). The van der Waals surface area contributed by atoms with Gasteiger partial charge < -0.3 is 19.7 Å². The molecule has 0 radical (unpaired) electrons. The number of ether oxygens (including phenoxy) is 1. The predicted octanol–water partition coefficient (Wildman–Crippen LogP) is 0.633. The summed E-state index contributed by atoms with van der Waals surface area (Å²) in [7, 11) is 1.39. The Kier molecular flexibility index (Phi) is 2.87. The summed E-state index contributed by atoms with van der Waals surface area (Å²) in [5, 5.41) is 18.3. The van der Waals surface area contributed by atoms with Gasteiger partial charge in [0.25, 0.3) is 0 Å². The molecule has 1 aromatic carbocycles. The van der Waals surface area contributed by atoms with Crippen molar-refractivity contribution in [2.24, 2.45) is 0 Å². The second-order valence-corrected chi connectivity index (χ2v) is 2.51. The summed E-state index contributed by atoms with van der Waals surface area (Å²) < 4.78 is 4.80. The number of rotatable bonds is 3. The molecule has 4 nitrogen and oxygen atoms in total. The zero-order valence-electron chi connectivity index (χ0n) is 7.10. The lowest BCUT2D eigenvalue weighted by molar-refractivity contribution is -0.115. The van der Waals surface area contributed by atoms with E-state index in [4.69, 9.17) is 9.84 Å². The van der Waals surface area contributed by atoms with Crippen LogP contribution in [-0.2, 0) is 4.79 Å². The van der Waals surface area contributed by atoms with E-state index in [1.165, 1.54) is 25.3 Å². The highest BCUT2D eigenvalue weighted by Gasteiger charge is 2.08. The number of methoxy groups -OCH3 is 1. The number of aliphatic hydroxyl groups is 1. The van der Waals surface area contributed by atoms with E-state index in [1.54, 1.807) is 0 Å². The second-order valence-electron chi connectivity index (χ2n) is 2.51. The van der Waals surface area contributed by atoms with Gasteiger partial charge in [-0.1, -0.05) is 6.07 Å². The van der Waals surface area contributed by atoms with Crippen LogP contribution in [-0.4, -0.2) is 23.6 Å². The normalized spacial score (nSPS) is 12.2. The van der Waals surface area contributed by atoms with Crippen molar-refractivity contribution in [3.05, 3.63) is 23.8 Å². The van der Waals surface area contributed by atoms with Crippen LogP contribution in [0, 0.1) is 0 Å². The lowest BCUT2D eigenvalue weighted by Crippen LogP contribution is -1.98. The van der Waals surface area contributed by atoms with Gasteiger partial charge in [0.05, 0.1) is 7.11 Å². The second kappa shape index (κ2) is 3.91. The van der Waals surface area contributed by atoms with E-state index < -0.39 is 6.10 Å². The van der Waals surface area contributed by atoms with Gasteiger partial charge in [0.1, 0.15) is 6.10 Å². The first-order chi connectivity index (χ1) is 6.19. The molecule has 0 heterocycles. The molecular formula is C9H10O4. The number of carbonyl (C=O) groups excluding carboxylic acids is 1. The summed E-state index contributed by atoms with van der Waals surface area (Å²) >= 11 is 0. The highest BCUT2D eigenvalue weighted by Crippen LogP contribution is 2.28. The standard InChI is InChI=1S/C9H10O4/c1-13-9-4-6(8(12)5-10)2-3-7(9)11/h2-5,8,11-12H,1H3. The quantitative estimate of drug-likeness (QED) is 0.673. The number of carbonyl (C=O) groups is 1. The molecule has 0 saturated carbocycles. The van der Waals surface area contributed by atoms with Gasteiger partial charge in [-0.3, -0.25) is 0 Å². The molecule has 70 valence electrons. The van der Waals surface area contributed by atoms with Gasteiger partial charge in [-0.15, -0.1) is 0 Å². The molecule has 0 spiro atoms. The topological polar surface area (TPSA) is 66.8 Å². The number of phenolic OH excluding ortho intramolecular Hbond substituents is 1. The van der Waals surface area contributed by atoms with Gasteiger partial charge >= 0.3 is 0 Å². The monoisotopic (exact) mass is 182 g/mol. The van der Waals surface area contributed by atoms with Crippen molar-refractivity contribution >= 4 is 6.29 Å². The highest BCUT2D eigenvalue weighted by atomic mass is 16.5. The first-order valence-corrected chi connectivity index (χ1v) is 3.69. The molecule has 0 saturated heterocycles. The van der Waals surface area contributed by atoms with Crippen molar-refractivity contribution in [2.75, 3.05) is 7.11 Å². The van der Waals surface area contributed by atoms with Crippen LogP contribution < -0.4 is 4.74 Å². The maximum absolute atomic E-state index is 10.2. The Bertz CT molecular complexity index is 308. The molecule has 1 aromatic rings. The zero-order valence-corrected chi connectivity index (χ0v) is 7.10. The molecule has 0 fully saturated rings. The summed E-state index contributed by atoms with van der Waals surface area (Å²) in [6, 6.07) is 4.23. The Morgan fingerprint density at radius 1 is 1.54 bits per heavy atom. The van der Waals surface area contributed by atoms with Gasteiger partial charge in [0, 0.05) is 0 Å². The Balaban J connectivity index is 3.05. The van der Waals surface area contributed by atoms with Crippen LogP contribution in [0.1, 0.15) is 11.7 Å². The highest BCUT2D eigenvalue weighted by molar-refractivity contribution is 5.60. The van der Waals surface area contributed by atoms with Crippen LogP contribution in [0.25, 0.3) is 0 Å². The minimum absolute atomic E-state index is 0.0238. The van der Waals surface area contributed by atoms with Crippen LogP contribution in [0.4, 0.5) is 0 Å². The van der Waals surface area contributed by atoms with Gasteiger partial charge in [0.15, 0.2) is 17.8 Å². The fourth-order valence-electron chi connectivity index (χ4n) is 0.957. The van der Waals surface area contributed by atoms with E-state index in [9.17, 15) is 9.90 Å². The molecule has 1 atom stereocenters. The Morgan fingerprint density at radius 2 is 2.23 bits per heavy atom. The van der Waals surface area contributed by atoms with Gasteiger partial charge in [-0.2, -0.15) is 0 Å². The largest absolute Gasteiger partial charge is 0.504 e. The maximum atomic E-state index is 10.2. The number of phenols is 1. The van der Waals surface area contributed by atoms with E-state index in [0.717, 1.165) is 0 Å². The Labute approximate surface area is 75.4 Å². The lowest BCUT2D eigenvalue weighted by Gasteiger charge is -2.07. The lowest BCUT2D eigenvalue weighted by atomic mass is 10.1. The molecule has 0 aliphatic carbocycles. The van der Waals surface area contributed by atoms with Gasteiger partial charge in [-0.05, 0) is 17.7 Å². The summed E-state index contributed by atoms with van der Waals surface area (Å²) in [6.45, 7) is 0. The number of aliphatic hydroxyl groups excluding tert-OH is 1. The summed E-state index contributed by atoms with van der Waals surface area (Å²) in [4.78, 5) is 10.2. The van der Waals surface area contributed by atoms with Crippen molar-refractivity contribution in [3.8, 4) is 11.5 Å². The third-order valence-electron chi connectivity index (χ3n) is 1.67. The van der Waals surface area contributed by atoms with E-state index in [1.807, 2.05) is 0 Å². The maximum Gasteiger partial charge on any atom is 0.160 e. The minimum atomic E-state index is -1.17. The first kappa shape index (κ1) is 9.54. The van der Waals surface area contributed by atoms with Crippen LogP contribution >= 0.6 is 0 Å². The smallest absolute Gasteiger partial charge is 0.160 e. The first-order valence-electron chi connectivity index (χ1n) is 3.69. The molecule has 2 N–H and O–H groups in total. The molecule has 0 aliphatic heterocycles. The molecule has 1 unspecified atom stereocenters. The third-order valence-corrected chi connectivity index (χ3v) is 1.67. The molecular weight excluding hydrogens is 172 g/mol. The van der Waals surface area contributed by atoms with Crippen molar-refractivity contribution < 1.29 is 19.7 Å². The molecule has 0 aromatic heterocycles. The fraction of sp³-hybridized carbons (Fsp3) is 0.222. The predicted molar refractivity (Wildman–Crippen MR) is 45.7 cm³/mol. The molecule has 4 heteroatoms. The summed E-state index contributed by atoms with van der Waals surface area (Å²) in [6.07, 6.45) is -0.763. The summed E-state index contributed by atoms with van der Waals surface area (Å²) in [5.41, 5.74) is 0.393. The minimum Gasteiger partial charge on any atom is -0.504 e. The van der Waals surface area contributed by atoms with Gasteiger partial charge in [-0.25, -0.2) is 0 Å². The SMILES string of the molecule is COc1cc(C(O)C=O)ccc1O. The zero-order chi connectivity index (χ0) is 9.84. The average Bonchev–Trinajstić information content (AvgIpc) is 2.17. The van der Waals surface area contributed by atoms with Crippen LogP contribution in [0.15, 0.2) is 18.2 Å². The number of hydrogen-bond donors (Lipinski definition) is 2. The number of aromatic hydroxyl groups is 1. The summed E-state index contributed by atoms with van der Waals surface area (Å²) in [5.74, 6) is 0.211. The Morgan fingerprint density at radius 3 is 2.77 bits per heavy atom. The van der Waals surface area contributed by atoms with Crippen molar-refractivity contribution in [1.29, 1.82) is 0 Å². The molecule has 0 bridgehead atoms. The third kappa shape index (κ3) is 1.97. The van der Waals surface area contributed by atoms with Crippen molar-refractivity contribution in [2.45, 2.75) is 6.10 Å². The van der Waals surface area contributed by atoms with Crippen LogP contribution in [0.2, 0.25) is 0 Å². The number of benzene rings is 1. The van der Waals surface area contributed by atoms with Crippen molar-refractivity contribution in [1.82, 2.24) is 0 Å². The van der Waals surface area contributed by atoms with E-state index in [2.05, 4.69) is 0 Å². The van der Waals surface area contributed by atoms with E-state index in [-0.39, 0.29) is 11.5 Å².